The summed E-state index contributed by atoms with van der Waals surface area (Å²) in [6, 6.07) is 0.873. The van der Waals surface area contributed by atoms with Crippen molar-refractivity contribution in [1.29, 1.82) is 0 Å². The number of unbranched alkanes of at least 4 members (excludes halogenated alkanes) is 1. The van der Waals surface area contributed by atoms with Crippen LogP contribution in [0.3, 0.4) is 0 Å². The van der Waals surface area contributed by atoms with Crippen LogP contribution in [-0.4, -0.2) is 12.6 Å². The number of rotatable bonds is 8. The molecule has 1 nitrogen and oxygen atoms in total. The lowest BCUT2D eigenvalue weighted by molar-refractivity contribution is 0.111. The molecule has 2 aliphatic rings. The topological polar surface area (TPSA) is 12.0 Å². The van der Waals surface area contributed by atoms with Crippen LogP contribution in [0.15, 0.2) is 0 Å². The van der Waals surface area contributed by atoms with Crippen LogP contribution in [-0.2, 0) is 0 Å². The Bertz CT molecular complexity index is 238. The summed E-state index contributed by atoms with van der Waals surface area (Å²) in [6.07, 6.45) is 17.4. The molecular formula is C18H35N. The maximum Gasteiger partial charge on any atom is 0.00684 e. The molecule has 2 rings (SSSR count). The van der Waals surface area contributed by atoms with Crippen molar-refractivity contribution >= 4 is 0 Å². The van der Waals surface area contributed by atoms with Gasteiger partial charge in [-0.15, -0.1) is 0 Å². The molecule has 112 valence electrons. The first-order valence-electron chi connectivity index (χ1n) is 9.04. The van der Waals surface area contributed by atoms with Gasteiger partial charge >= 0.3 is 0 Å². The van der Waals surface area contributed by atoms with Gasteiger partial charge in [0.1, 0.15) is 0 Å². The van der Waals surface area contributed by atoms with Crippen molar-refractivity contribution in [2.75, 3.05) is 6.54 Å². The molecule has 2 fully saturated rings. The fourth-order valence-corrected chi connectivity index (χ4v) is 4.08. The summed E-state index contributed by atoms with van der Waals surface area (Å²) < 4.78 is 0. The summed E-state index contributed by atoms with van der Waals surface area (Å²) in [5.41, 5.74) is 0.614. The Labute approximate surface area is 120 Å². The smallest absolute Gasteiger partial charge is 0.00684 e. The maximum atomic E-state index is 3.88. The molecule has 1 unspecified atom stereocenters. The van der Waals surface area contributed by atoms with Gasteiger partial charge in [-0.2, -0.15) is 0 Å². The van der Waals surface area contributed by atoms with Crippen LogP contribution in [0.25, 0.3) is 0 Å². The van der Waals surface area contributed by atoms with Crippen LogP contribution < -0.4 is 5.32 Å². The number of hydrogen-bond donors (Lipinski definition) is 1. The van der Waals surface area contributed by atoms with Gasteiger partial charge in [0.2, 0.25) is 0 Å². The zero-order valence-corrected chi connectivity index (χ0v) is 13.3. The number of nitrogens with one attached hydrogen (secondary N) is 1. The third-order valence-electron chi connectivity index (χ3n) is 5.77. The minimum Gasteiger partial charge on any atom is -0.313 e. The molecule has 0 aromatic carbocycles. The van der Waals surface area contributed by atoms with Gasteiger partial charge in [0.15, 0.2) is 0 Å². The van der Waals surface area contributed by atoms with Crippen molar-refractivity contribution in [3.8, 4) is 0 Å². The molecular weight excluding hydrogens is 230 g/mol. The Morgan fingerprint density at radius 2 is 1.63 bits per heavy atom. The molecule has 0 amide bonds. The van der Waals surface area contributed by atoms with E-state index in [4.69, 9.17) is 0 Å². The molecule has 0 aromatic heterocycles. The normalized spacial score (nSPS) is 24.9. The standard InChI is InChI=1S/C18H35N/c1-3-5-14-18(4-2,15-19-17-12-13-17)16-10-8-6-7-9-11-16/h16-17,19H,3-15H2,1-2H3. The van der Waals surface area contributed by atoms with E-state index in [9.17, 15) is 0 Å². The van der Waals surface area contributed by atoms with E-state index in [2.05, 4.69) is 19.2 Å². The van der Waals surface area contributed by atoms with Crippen molar-refractivity contribution in [2.45, 2.75) is 96.9 Å². The average molecular weight is 265 g/mol. The average Bonchev–Trinajstić information content (AvgIpc) is 3.26. The molecule has 1 heteroatoms. The molecule has 2 aliphatic carbocycles. The van der Waals surface area contributed by atoms with Crippen molar-refractivity contribution in [3.63, 3.8) is 0 Å². The summed E-state index contributed by atoms with van der Waals surface area (Å²) in [7, 11) is 0. The van der Waals surface area contributed by atoms with E-state index in [1.807, 2.05) is 0 Å². The molecule has 0 spiro atoms. The minimum atomic E-state index is 0.614. The summed E-state index contributed by atoms with van der Waals surface area (Å²) >= 11 is 0. The Morgan fingerprint density at radius 3 is 2.16 bits per heavy atom. The summed E-state index contributed by atoms with van der Waals surface area (Å²) in [4.78, 5) is 0. The molecule has 0 saturated heterocycles. The molecule has 1 N–H and O–H groups in total. The highest BCUT2D eigenvalue weighted by Gasteiger charge is 2.37. The van der Waals surface area contributed by atoms with E-state index in [-0.39, 0.29) is 0 Å². The van der Waals surface area contributed by atoms with Gasteiger partial charge in [-0.3, -0.25) is 0 Å². The largest absolute Gasteiger partial charge is 0.313 e. The molecule has 19 heavy (non-hydrogen) atoms. The van der Waals surface area contributed by atoms with Crippen LogP contribution in [0, 0.1) is 11.3 Å². The Morgan fingerprint density at radius 1 is 0.947 bits per heavy atom. The maximum absolute atomic E-state index is 3.88. The van der Waals surface area contributed by atoms with E-state index in [0.29, 0.717) is 5.41 Å². The molecule has 0 heterocycles. The monoisotopic (exact) mass is 265 g/mol. The predicted octanol–water partition coefficient (Wildman–Crippen LogP) is 5.30. The summed E-state index contributed by atoms with van der Waals surface area (Å²) in [5, 5.41) is 3.88. The van der Waals surface area contributed by atoms with Gasteiger partial charge in [0, 0.05) is 12.6 Å². The van der Waals surface area contributed by atoms with E-state index in [0.717, 1.165) is 12.0 Å². The quantitative estimate of drug-likeness (QED) is 0.588. The summed E-state index contributed by atoms with van der Waals surface area (Å²) in [6.45, 7) is 6.11. The molecule has 0 radical (unpaired) electrons. The molecule has 1 atom stereocenters. The van der Waals surface area contributed by atoms with E-state index >= 15 is 0 Å². The van der Waals surface area contributed by atoms with Crippen LogP contribution >= 0.6 is 0 Å². The van der Waals surface area contributed by atoms with E-state index < -0.39 is 0 Å². The van der Waals surface area contributed by atoms with Gasteiger partial charge in [-0.25, -0.2) is 0 Å². The lowest BCUT2D eigenvalue weighted by Crippen LogP contribution is -2.41. The fourth-order valence-electron chi connectivity index (χ4n) is 4.08. The highest BCUT2D eigenvalue weighted by atomic mass is 15.0. The predicted molar refractivity (Wildman–Crippen MR) is 84.5 cm³/mol. The molecule has 0 aliphatic heterocycles. The third kappa shape index (κ3) is 4.48. The molecule has 0 aromatic rings. The Hall–Kier alpha value is -0.0400. The van der Waals surface area contributed by atoms with Crippen molar-refractivity contribution < 1.29 is 0 Å². The van der Waals surface area contributed by atoms with Crippen LogP contribution in [0.2, 0.25) is 0 Å². The zero-order chi connectivity index (χ0) is 13.6. The minimum absolute atomic E-state index is 0.614. The van der Waals surface area contributed by atoms with Gasteiger partial charge < -0.3 is 5.32 Å². The second kappa shape index (κ2) is 7.67. The van der Waals surface area contributed by atoms with E-state index in [1.165, 1.54) is 83.6 Å². The first-order valence-corrected chi connectivity index (χ1v) is 9.04. The van der Waals surface area contributed by atoms with E-state index in [1.54, 1.807) is 0 Å². The van der Waals surface area contributed by atoms with Gasteiger partial charge in [-0.1, -0.05) is 52.4 Å². The second-order valence-electron chi connectivity index (χ2n) is 7.16. The van der Waals surface area contributed by atoms with Crippen LogP contribution in [0.5, 0.6) is 0 Å². The Balaban J connectivity index is 1.98. The van der Waals surface area contributed by atoms with Crippen molar-refractivity contribution in [1.82, 2.24) is 5.32 Å². The van der Waals surface area contributed by atoms with Crippen molar-refractivity contribution in [2.24, 2.45) is 11.3 Å². The van der Waals surface area contributed by atoms with Gasteiger partial charge in [-0.05, 0) is 49.9 Å². The summed E-state index contributed by atoms with van der Waals surface area (Å²) in [5.74, 6) is 0.998. The SMILES string of the molecule is CCCCC(CC)(CNC1CC1)C1CCCCCC1. The van der Waals surface area contributed by atoms with Crippen LogP contribution in [0.4, 0.5) is 0 Å². The zero-order valence-electron chi connectivity index (χ0n) is 13.3. The lowest BCUT2D eigenvalue weighted by atomic mass is 9.67. The van der Waals surface area contributed by atoms with Crippen molar-refractivity contribution in [3.05, 3.63) is 0 Å². The Kier molecular flexibility index (Phi) is 6.19. The van der Waals surface area contributed by atoms with Crippen LogP contribution in [0.1, 0.15) is 90.9 Å². The lowest BCUT2D eigenvalue weighted by Gasteiger charge is -2.41. The third-order valence-corrected chi connectivity index (χ3v) is 5.77. The first kappa shape index (κ1) is 15.4. The van der Waals surface area contributed by atoms with Gasteiger partial charge in [0.25, 0.3) is 0 Å². The first-order chi connectivity index (χ1) is 9.30. The molecule has 2 saturated carbocycles. The highest BCUT2D eigenvalue weighted by Crippen LogP contribution is 2.44. The fraction of sp³-hybridized carbons (Fsp3) is 1.00. The highest BCUT2D eigenvalue weighted by molar-refractivity contribution is 4.91. The molecule has 0 bridgehead atoms. The van der Waals surface area contributed by atoms with Gasteiger partial charge in [0.05, 0.1) is 0 Å². The number of hydrogen-bond acceptors (Lipinski definition) is 1. The second-order valence-corrected chi connectivity index (χ2v) is 7.16.